The van der Waals surface area contributed by atoms with Crippen molar-refractivity contribution in [2.45, 2.75) is 19.8 Å². The molecule has 1 aliphatic rings. The summed E-state index contributed by atoms with van der Waals surface area (Å²) in [6.07, 6.45) is 1.49. The lowest BCUT2D eigenvalue weighted by Crippen LogP contribution is -2.38. The molecule has 1 aliphatic heterocycles. The van der Waals surface area contributed by atoms with Crippen molar-refractivity contribution in [3.63, 3.8) is 0 Å². The largest absolute Gasteiger partial charge is 0.465 e. The van der Waals surface area contributed by atoms with Crippen molar-refractivity contribution in [1.29, 1.82) is 0 Å². The van der Waals surface area contributed by atoms with Crippen LogP contribution >= 0.6 is 0 Å². The maximum absolute atomic E-state index is 12.6. The van der Waals surface area contributed by atoms with Crippen LogP contribution in [0.5, 0.6) is 0 Å². The van der Waals surface area contributed by atoms with E-state index in [1.807, 2.05) is 19.1 Å². The molecule has 1 aromatic carbocycles. The smallest absolute Gasteiger partial charge is 0.337 e. The Morgan fingerprint density at radius 1 is 1.07 bits per heavy atom. The standard InChI is InChI=1S/C20H22N6O3/c1-13-22-23-17-7-8-18(24-26(13)17)25-11-9-14(10-12-25)19(27)21-16-5-3-15(4-6-16)20(28)29-2/h3-8,14H,9-12H2,1-2H3,(H,21,27). The minimum Gasteiger partial charge on any atom is -0.465 e. The Bertz CT molecular complexity index is 1040. The predicted molar refractivity (Wildman–Crippen MR) is 107 cm³/mol. The Balaban J connectivity index is 1.35. The quantitative estimate of drug-likeness (QED) is 0.676. The molecule has 3 aromatic rings. The van der Waals surface area contributed by atoms with Gasteiger partial charge in [-0.3, -0.25) is 4.79 Å². The van der Waals surface area contributed by atoms with Crippen molar-refractivity contribution in [1.82, 2.24) is 19.8 Å². The van der Waals surface area contributed by atoms with Crippen LogP contribution in [0.4, 0.5) is 11.5 Å². The molecule has 150 valence electrons. The number of rotatable bonds is 4. The van der Waals surface area contributed by atoms with Crippen LogP contribution in [0.15, 0.2) is 36.4 Å². The molecule has 1 N–H and O–H groups in total. The molecule has 1 saturated heterocycles. The first-order valence-corrected chi connectivity index (χ1v) is 9.48. The van der Waals surface area contributed by atoms with E-state index < -0.39 is 5.97 Å². The maximum Gasteiger partial charge on any atom is 0.337 e. The second kappa shape index (κ2) is 7.86. The van der Waals surface area contributed by atoms with Crippen molar-refractivity contribution < 1.29 is 14.3 Å². The topological polar surface area (TPSA) is 102 Å². The summed E-state index contributed by atoms with van der Waals surface area (Å²) in [5.41, 5.74) is 1.84. The molecule has 29 heavy (non-hydrogen) atoms. The second-order valence-corrected chi connectivity index (χ2v) is 7.03. The lowest BCUT2D eigenvalue weighted by molar-refractivity contribution is -0.120. The lowest BCUT2D eigenvalue weighted by Gasteiger charge is -2.32. The van der Waals surface area contributed by atoms with Gasteiger partial charge in [-0.25, -0.2) is 4.79 Å². The molecular weight excluding hydrogens is 372 g/mol. The van der Waals surface area contributed by atoms with Gasteiger partial charge in [0, 0.05) is 24.7 Å². The molecule has 0 saturated carbocycles. The third-order valence-electron chi connectivity index (χ3n) is 5.17. The number of methoxy groups -OCH3 is 1. The molecule has 1 fully saturated rings. The third kappa shape index (κ3) is 3.89. The molecule has 0 atom stereocenters. The number of ether oxygens (including phenoxy) is 1. The molecule has 0 bridgehead atoms. The fourth-order valence-corrected chi connectivity index (χ4v) is 3.48. The van der Waals surface area contributed by atoms with E-state index in [1.165, 1.54) is 7.11 Å². The molecule has 0 unspecified atom stereocenters. The molecule has 0 radical (unpaired) electrons. The monoisotopic (exact) mass is 394 g/mol. The second-order valence-electron chi connectivity index (χ2n) is 7.03. The Hall–Kier alpha value is -3.49. The van der Waals surface area contributed by atoms with Crippen LogP contribution in [-0.4, -0.2) is 51.9 Å². The van der Waals surface area contributed by atoms with Crippen LogP contribution in [0.2, 0.25) is 0 Å². The number of carbonyl (C=O) groups excluding carboxylic acids is 2. The van der Waals surface area contributed by atoms with E-state index in [0.29, 0.717) is 11.3 Å². The van der Waals surface area contributed by atoms with Crippen molar-refractivity contribution in [2.75, 3.05) is 30.4 Å². The number of carbonyl (C=O) groups is 2. The zero-order chi connectivity index (χ0) is 20.4. The van der Waals surface area contributed by atoms with Gasteiger partial charge < -0.3 is 15.0 Å². The predicted octanol–water partition coefficient (Wildman–Crippen LogP) is 2.07. The maximum atomic E-state index is 12.6. The van der Waals surface area contributed by atoms with Gasteiger partial charge in [0.1, 0.15) is 5.82 Å². The van der Waals surface area contributed by atoms with Crippen molar-refractivity contribution >= 4 is 29.0 Å². The molecule has 2 aromatic heterocycles. The Kier molecular flexibility index (Phi) is 5.11. The Morgan fingerprint density at radius 2 is 1.79 bits per heavy atom. The van der Waals surface area contributed by atoms with E-state index in [2.05, 4.69) is 30.2 Å². The number of aryl methyl sites for hydroxylation is 1. The number of amides is 1. The number of fused-ring (bicyclic) bond motifs is 1. The van der Waals surface area contributed by atoms with E-state index in [-0.39, 0.29) is 11.8 Å². The van der Waals surface area contributed by atoms with Gasteiger partial charge in [0.25, 0.3) is 0 Å². The molecule has 1 amide bonds. The van der Waals surface area contributed by atoms with Crippen LogP contribution in [0.25, 0.3) is 5.65 Å². The zero-order valence-electron chi connectivity index (χ0n) is 16.3. The number of nitrogens with one attached hydrogen (secondary N) is 1. The number of hydrogen-bond acceptors (Lipinski definition) is 7. The van der Waals surface area contributed by atoms with Crippen LogP contribution < -0.4 is 10.2 Å². The van der Waals surface area contributed by atoms with Gasteiger partial charge in [-0.2, -0.15) is 4.52 Å². The van der Waals surface area contributed by atoms with E-state index in [0.717, 1.165) is 43.2 Å². The van der Waals surface area contributed by atoms with Gasteiger partial charge in [-0.05, 0) is 56.2 Å². The Labute approximate surface area is 167 Å². The van der Waals surface area contributed by atoms with Crippen LogP contribution in [0.1, 0.15) is 29.0 Å². The van der Waals surface area contributed by atoms with Crippen LogP contribution in [0, 0.1) is 12.8 Å². The summed E-state index contributed by atoms with van der Waals surface area (Å²) >= 11 is 0. The average Bonchev–Trinajstić information content (AvgIpc) is 3.14. The number of nitrogens with zero attached hydrogens (tertiary/aromatic N) is 5. The Morgan fingerprint density at radius 3 is 2.48 bits per heavy atom. The number of piperidine rings is 1. The van der Waals surface area contributed by atoms with Gasteiger partial charge >= 0.3 is 5.97 Å². The summed E-state index contributed by atoms with van der Waals surface area (Å²) in [4.78, 5) is 26.3. The van der Waals surface area contributed by atoms with E-state index >= 15 is 0 Å². The van der Waals surface area contributed by atoms with Crippen LogP contribution in [-0.2, 0) is 9.53 Å². The van der Waals surface area contributed by atoms with Gasteiger partial charge in [0.05, 0.1) is 12.7 Å². The first-order valence-electron chi connectivity index (χ1n) is 9.48. The molecular formula is C20H22N6O3. The first-order chi connectivity index (χ1) is 14.0. The van der Waals surface area contributed by atoms with Crippen molar-refractivity contribution in [2.24, 2.45) is 5.92 Å². The lowest BCUT2D eigenvalue weighted by atomic mass is 9.95. The summed E-state index contributed by atoms with van der Waals surface area (Å²) in [5.74, 6) is 1.14. The normalized spacial score (nSPS) is 14.8. The number of hydrogen-bond donors (Lipinski definition) is 1. The number of benzene rings is 1. The van der Waals surface area contributed by atoms with Crippen LogP contribution in [0.3, 0.4) is 0 Å². The highest BCUT2D eigenvalue weighted by Gasteiger charge is 2.26. The highest BCUT2D eigenvalue weighted by molar-refractivity contribution is 5.94. The highest BCUT2D eigenvalue weighted by atomic mass is 16.5. The summed E-state index contributed by atoms with van der Waals surface area (Å²) in [6.45, 7) is 3.36. The number of anilines is 2. The molecule has 9 heteroatoms. The molecule has 3 heterocycles. The fraction of sp³-hybridized carbons (Fsp3) is 0.350. The van der Waals surface area contributed by atoms with E-state index in [9.17, 15) is 9.59 Å². The molecule has 0 aliphatic carbocycles. The van der Waals surface area contributed by atoms with Gasteiger partial charge in [-0.15, -0.1) is 15.3 Å². The summed E-state index contributed by atoms with van der Waals surface area (Å²) in [6, 6.07) is 10.5. The fourth-order valence-electron chi connectivity index (χ4n) is 3.48. The number of aromatic nitrogens is 4. The van der Waals surface area contributed by atoms with Gasteiger partial charge in [-0.1, -0.05) is 0 Å². The summed E-state index contributed by atoms with van der Waals surface area (Å²) < 4.78 is 6.41. The molecule has 4 rings (SSSR count). The minimum absolute atomic E-state index is 0.00599. The molecule has 0 spiro atoms. The van der Waals surface area contributed by atoms with E-state index in [1.54, 1.807) is 28.8 Å². The highest BCUT2D eigenvalue weighted by Crippen LogP contribution is 2.23. The third-order valence-corrected chi connectivity index (χ3v) is 5.17. The van der Waals surface area contributed by atoms with Crippen molar-refractivity contribution in [3.8, 4) is 0 Å². The number of esters is 1. The average molecular weight is 394 g/mol. The van der Waals surface area contributed by atoms with E-state index in [4.69, 9.17) is 0 Å². The molecule has 9 nitrogen and oxygen atoms in total. The first kappa shape index (κ1) is 18.9. The van der Waals surface area contributed by atoms with Crippen molar-refractivity contribution in [3.05, 3.63) is 47.8 Å². The summed E-state index contributed by atoms with van der Waals surface area (Å²) in [7, 11) is 1.34. The SMILES string of the molecule is COC(=O)c1ccc(NC(=O)C2CCN(c3ccc4nnc(C)n4n3)CC2)cc1. The zero-order valence-corrected chi connectivity index (χ0v) is 16.3. The minimum atomic E-state index is -0.399. The van der Waals surface area contributed by atoms with Gasteiger partial charge in [0.2, 0.25) is 5.91 Å². The summed E-state index contributed by atoms with van der Waals surface area (Å²) in [5, 5.41) is 15.6. The van der Waals surface area contributed by atoms with Gasteiger partial charge in [0.15, 0.2) is 11.5 Å².